The molecule has 0 spiro atoms. The normalized spacial score (nSPS) is 14.8. The van der Waals surface area contributed by atoms with E-state index in [1.165, 1.54) is 0 Å². The summed E-state index contributed by atoms with van der Waals surface area (Å²) in [5.74, 6) is 0.261. The Labute approximate surface area is 137 Å². The summed E-state index contributed by atoms with van der Waals surface area (Å²) < 4.78 is 0. The molecule has 1 aromatic carbocycles. The van der Waals surface area contributed by atoms with Gasteiger partial charge in [-0.2, -0.15) is 0 Å². The highest BCUT2D eigenvalue weighted by atomic mass is 35.5. The van der Waals surface area contributed by atoms with Crippen LogP contribution in [0.3, 0.4) is 0 Å². The summed E-state index contributed by atoms with van der Waals surface area (Å²) in [5, 5.41) is 6.21. The molecule has 1 fully saturated rings. The van der Waals surface area contributed by atoms with Gasteiger partial charge in [-0.1, -0.05) is 12.1 Å². The maximum atomic E-state index is 12.1. The summed E-state index contributed by atoms with van der Waals surface area (Å²) in [6, 6.07) is 7.49. The summed E-state index contributed by atoms with van der Waals surface area (Å²) in [5.41, 5.74) is 1.74. The van der Waals surface area contributed by atoms with Crippen molar-refractivity contribution in [1.82, 2.24) is 10.2 Å². The maximum Gasteiger partial charge on any atom is 0.227 e. The Hall–Kier alpha value is -1.59. The van der Waals surface area contributed by atoms with Crippen LogP contribution in [-0.4, -0.2) is 43.9 Å². The number of carbonyl (C=O) groups is 2. The van der Waals surface area contributed by atoms with Crippen LogP contribution in [0.4, 0.5) is 5.69 Å². The van der Waals surface area contributed by atoms with Gasteiger partial charge in [0.05, 0.1) is 6.42 Å². The molecule has 0 aromatic heterocycles. The smallest absolute Gasteiger partial charge is 0.227 e. The molecule has 2 amide bonds. The molecule has 2 N–H and O–H groups in total. The Kier molecular flexibility index (Phi) is 7.35. The number of anilines is 1. The van der Waals surface area contributed by atoms with E-state index in [4.69, 9.17) is 0 Å². The summed E-state index contributed by atoms with van der Waals surface area (Å²) in [6.45, 7) is 1.81. The molecule has 1 saturated heterocycles. The van der Waals surface area contributed by atoms with Crippen molar-refractivity contribution in [3.63, 3.8) is 0 Å². The standard InChI is InChI=1S/C16H23N3O2.ClH/c1-19(2)15(20)11-12-3-5-14(6-4-12)18-16(21)13-7-9-17-10-8-13;/h3-6,13,17H,7-11H2,1-2H3,(H,18,21);1H. The van der Waals surface area contributed by atoms with E-state index in [0.717, 1.165) is 37.2 Å². The zero-order chi connectivity index (χ0) is 15.2. The predicted octanol–water partition coefficient (Wildman–Crippen LogP) is 1.68. The van der Waals surface area contributed by atoms with Gasteiger partial charge in [0, 0.05) is 25.7 Å². The van der Waals surface area contributed by atoms with E-state index >= 15 is 0 Å². The van der Waals surface area contributed by atoms with Gasteiger partial charge in [-0.25, -0.2) is 0 Å². The maximum absolute atomic E-state index is 12.1. The number of likely N-dealkylation sites (N-methyl/N-ethyl adjacent to an activating group) is 1. The van der Waals surface area contributed by atoms with Crippen molar-refractivity contribution >= 4 is 29.9 Å². The molecule has 0 aliphatic carbocycles. The number of piperidine rings is 1. The van der Waals surface area contributed by atoms with Crippen LogP contribution in [0, 0.1) is 5.92 Å². The number of benzene rings is 1. The number of nitrogens with zero attached hydrogens (tertiary/aromatic N) is 1. The Morgan fingerprint density at radius 1 is 1.18 bits per heavy atom. The summed E-state index contributed by atoms with van der Waals surface area (Å²) in [4.78, 5) is 25.3. The second-order valence-corrected chi connectivity index (χ2v) is 5.68. The molecule has 1 aliphatic heterocycles. The van der Waals surface area contributed by atoms with Gasteiger partial charge >= 0.3 is 0 Å². The van der Waals surface area contributed by atoms with E-state index in [1.54, 1.807) is 19.0 Å². The fourth-order valence-corrected chi connectivity index (χ4v) is 2.37. The lowest BCUT2D eigenvalue weighted by atomic mass is 9.97. The van der Waals surface area contributed by atoms with Crippen LogP contribution in [0.2, 0.25) is 0 Å². The van der Waals surface area contributed by atoms with E-state index in [9.17, 15) is 9.59 Å². The third-order valence-electron chi connectivity index (χ3n) is 3.79. The molecule has 0 saturated carbocycles. The zero-order valence-electron chi connectivity index (χ0n) is 13.1. The van der Waals surface area contributed by atoms with Crippen LogP contribution in [0.1, 0.15) is 18.4 Å². The molecule has 1 aliphatic rings. The third kappa shape index (κ3) is 5.31. The van der Waals surface area contributed by atoms with Crippen LogP contribution in [0.15, 0.2) is 24.3 Å². The molecule has 22 heavy (non-hydrogen) atoms. The topological polar surface area (TPSA) is 61.4 Å². The van der Waals surface area contributed by atoms with Gasteiger partial charge in [-0.15, -0.1) is 12.4 Å². The minimum absolute atomic E-state index is 0. The highest BCUT2D eigenvalue weighted by Gasteiger charge is 2.20. The Morgan fingerprint density at radius 3 is 2.32 bits per heavy atom. The Morgan fingerprint density at radius 2 is 1.77 bits per heavy atom. The highest BCUT2D eigenvalue weighted by molar-refractivity contribution is 5.92. The van der Waals surface area contributed by atoms with E-state index < -0.39 is 0 Å². The lowest BCUT2D eigenvalue weighted by molar-refractivity contribution is -0.128. The van der Waals surface area contributed by atoms with E-state index in [1.807, 2.05) is 24.3 Å². The van der Waals surface area contributed by atoms with Crippen molar-refractivity contribution in [2.75, 3.05) is 32.5 Å². The summed E-state index contributed by atoms with van der Waals surface area (Å²) in [7, 11) is 3.49. The number of rotatable bonds is 4. The van der Waals surface area contributed by atoms with Crippen LogP contribution in [-0.2, 0) is 16.0 Å². The molecule has 0 bridgehead atoms. The molecule has 6 heteroatoms. The van der Waals surface area contributed by atoms with Crippen molar-refractivity contribution in [2.45, 2.75) is 19.3 Å². The molecular weight excluding hydrogens is 302 g/mol. The number of halogens is 1. The molecule has 1 aromatic rings. The van der Waals surface area contributed by atoms with Crippen molar-refractivity contribution in [2.24, 2.45) is 5.92 Å². The number of hydrogen-bond acceptors (Lipinski definition) is 3. The van der Waals surface area contributed by atoms with Gasteiger partial charge in [0.2, 0.25) is 11.8 Å². The molecule has 1 heterocycles. The fraction of sp³-hybridized carbons (Fsp3) is 0.500. The minimum atomic E-state index is 0. The lowest BCUT2D eigenvalue weighted by Gasteiger charge is -2.21. The molecule has 0 radical (unpaired) electrons. The number of hydrogen-bond donors (Lipinski definition) is 2. The predicted molar refractivity (Wildman–Crippen MR) is 90.3 cm³/mol. The average Bonchev–Trinajstić information content (AvgIpc) is 2.50. The number of amides is 2. The van der Waals surface area contributed by atoms with Crippen molar-refractivity contribution < 1.29 is 9.59 Å². The van der Waals surface area contributed by atoms with Crippen molar-refractivity contribution in [1.29, 1.82) is 0 Å². The first-order valence-corrected chi connectivity index (χ1v) is 7.37. The SMILES string of the molecule is CN(C)C(=O)Cc1ccc(NC(=O)C2CCNCC2)cc1.Cl. The summed E-state index contributed by atoms with van der Waals surface area (Å²) >= 11 is 0. The Bertz CT molecular complexity index is 497. The van der Waals surface area contributed by atoms with Gasteiger partial charge in [-0.3, -0.25) is 9.59 Å². The second-order valence-electron chi connectivity index (χ2n) is 5.68. The van der Waals surface area contributed by atoms with E-state index in [2.05, 4.69) is 10.6 Å². The van der Waals surface area contributed by atoms with Gasteiger partial charge in [0.15, 0.2) is 0 Å². The average molecular weight is 326 g/mol. The van der Waals surface area contributed by atoms with Crippen molar-refractivity contribution in [3.05, 3.63) is 29.8 Å². The molecular formula is C16H24ClN3O2. The second kappa shape index (κ2) is 8.76. The van der Waals surface area contributed by atoms with E-state index in [0.29, 0.717) is 6.42 Å². The Balaban J connectivity index is 0.00000242. The lowest BCUT2D eigenvalue weighted by Crippen LogP contribution is -2.34. The molecule has 122 valence electrons. The largest absolute Gasteiger partial charge is 0.349 e. The molecule has 0 atom stereocenters. The monoisotopic (exact) mass is 325 g/mol. The molecule has 5 nitrogen and oxygen atoms in total. The van der Waals surface area contributed by atoms with Gasteiger partial charge in [0.1, 0.15) is 0 Å². The van der Waals surface area contributed by atoms with E-state index in [-0.39, 0.29) is 30.1 Å². The third-order valence-corrected chi connectivity index (χ3v) is 3.79. The molecule has 0 unspecified atom stereocenters. The number of carbonyl (C=O) groups excluding carboxylic acids is 2. The highest BCUT2D eigenvalue weighted by Crippen LogP contribution is 2.16. The van der Waals surface area contributed by atoms with Crippen LogP contribution in [0.5, 0.6) is 0 Å². The van der Waals surface area contributed by atoms with Gasteiger partial charge in [0.25, 0.3) is 0 Å². The zero-order valence-corrected chi connectivity index (χ0v) is 13.9. The first-order chi connectivity index (χ1) is 10.1. The van der Waals surface area contributed by atoms with Crippen LogP contribution in [0.25, 0.3) is 0 Å². The number of nitrogens with one attached hydrogen (secondary N) is 2. The van der Waals surface area contributed by atoms with Gasteiger partial charge in [-0.05, 0) is 43.6 Å². The quantitative estimate of drug-likeness (QED) is 0.885. The minimum Gasteiger partial charge on any atom is -0.349 e. The first-order valence-electron chi connectivity index (χ1n) is 7.37. The van der Waals surface area contributed by atoms with Gasteiger partial charge < -0.3 is 15.5 Å². The first kappa shape index (κ1) is 18.5. The van der Waals surface area contributed by atoms with Crippen molar-refractivity contribution in [3.8, 4) is 0 Å². The fourth-order valence-electron chi connectivity index (χ4n) is 2.37. The van der Waals surface area contributed by atoms with Crippen LogP contribution < -0.4 is 10.6 Å². The summed E-state index contributed by atoms with van der Waals surface area (Å²) in [6.07, 6.45) is 2.16. The van der Waals surface area contributed by atoms with Crippen LogP contribution >= 0.6 is 12.4 Å². The molecule has 2 rings (SSSR count).